The Morgan fingerprint density at radius 2 is 1.64 bits per heavy atom. The van der Waals surface area contributed by atoms with Crippen molar-refractivity contribution in [2.24, 2.45) is 0 Å². The number of anilines is 1. The van der Waals surface area contributed by atoms with Crippen molar-refractivity contribution < 1.29 is 4.79 Å². The van der Waals surface area contributed by atoms with E-state index in [1.165, 1.54) is 15.6 Å². The van der Waals surface area contributed by atoms with E-state index >= 15 is 0 Å². The molecular weight excluding hydrogens is 364 g/mol. The minimum atomic E-state index is -0.00887. The molecule has 4 rings (SSSR count). The Balaban J connectivity index is 1.44. The average Bonchev–Trinajstić information content (AvgIpc) is 3.12. The average molecular weight is 387 g/mol. The molecule has 0 aliphatic heterocycles. The van der Waals surface area contributed by atoms with E-state index in [0.29, 0.717) is 6.54 Å². The Morgan fingerprint density at radius 3 is 2.50 bits per heavy atom. The number of hydrogen-bond acceptors (Lipinski definition) is 3. The predicted octanol–water partition coefficient (Wildman–Crippen LogP) is 5.64. The topological polar surface area (TPSA) is 32.3 Å². The lowest BCUT2D eigenvalue weighted by Crippen LogP contribution is -2.29. The lowest BCUT2D eigenvalue weighted by molar-refractivity contribution is -0.117. The van der Waals surface area contributed by atoms with Crippen LogP contribution in [0.15, 0.2) is 84.2 Å². The van der Waals surface area contributed by atoms with Crippen molar-refractivity contribution in [2.45, 2.75) is 6.54 Å². The molecule has 0 saturated heterocycles. The van der Waals surface area contributed by atoms with Crippen LogP contribution in [0.1, 0.15) is 5.56 Å². The highest BCUT2D eigenvalue weighted by Crippen LogP contribution is 2.28. The first kappa shape index (κ1) is 18.4. The third-order valence-electron chi connectivity index (χ3n) is 4.70. The van der Waals surface area contributed by atoms with Gasteiger partial charge in [0.2, 0.25) is 5.91 Å². The molecule has 1 amide bonds. The molecule has 4 aromatic rings. The van der Waals surface area contributed by atoms with Crippen LogP contribution in [0.5, 0.6) is 0 Å². The summed E-state index contributed by atoms with van der Waals surface area (Å²) in [6, 6.07) is 26.4. The highest BCUT2D eigenvalue weighted by molar-refractivity contribution is 7.17. The molecule has 0 unspecified atom stereocenters. The molecule has 4 heteroatoms. The van der Waals surface area contributed by atoms with Crippen LogP contribution in [0.3, 0.4) is 0 Å². The molecular formula is C24H22N2OS. The zero-order chi connectivity index (χ0) is 19.3. The Hall–Kier alpha value is -2.95. The number of rotatable bonds is 6. The van der Waals surface area contributed by atoms with Gasteiger partial charge in [0.15, 0.2) is 0 Å². The molecule has 1 heterocycles. The first-order chi connectivity index (χ1) is 13.7. The largest absolute Gasteiger partial charge is 0.324 e. The predicted molar refractivity (Wildman–Crippen MR) is 119 cm³/mol. The Morgan fingerprint density at radius 1 is 0.929 bits per heavy atom. The van der Waals surface area contributed by atoms with Gasteiger partial charge < -0.3 is 5.32 Å². The van der Waals surface area contributed by atoms with Crippen LogP contribution in [-0.4, -0.2) is 24.4 Å². The van der Waals surface area contributed by atoms with Crippen LogP contribution < -0.4 is 5.32 Å². The van der Waals surface area contributed by atoms with Gasteiger partial charge in [-0.2, -0.15) is 0 Å². The molecule has 3 nitrogen and oxygen atoms in total. The number of nitrogens with zero attached hydrogens (tertiary/aromatic N) is 1. The van der Waals surface area contributed by atoms with E-state index in [-0.39, 0.29) is 5.91 Å². The second-order valence-electron chi connectivity index (χ2n) is 6.89. The van der Waals surface area contributed by atoms with Crippen molar-refractivity contribution in [2.75, 3.05) is 18.9 Å². The number of amides is 1. The summed E-state index contributed by atoms with van der Waals surface area (Å²) in [5.41, 5.74) is 4.23. The minimum Gasteiger partial charge on any atom is -0.324 e. The zero-order valence-corrected chi connectivity index (χ0v) is 16.6. The monoisotopic (exact) mass is 386 g/mol. The Kier molecular flexibility index (Phi) is 5.51. The van der Waals surface area contributed by atoms with Crippen LogP contribution in [0, 0.1) is 0 Å². The molecule has 1 aromatic heterocycles. The molecule has 3 aromatic carbocycles. The van der Waals surface area contributed by atoms with E-state index in [4.69, 9.17) is 0 Å². The number of nitrogens with one attached hydrogen (secondary N) is 1. The molecule has 0 fully saturated rings. The van der Waals surface area contributed by atoms with Gasteiger partial charge in [-0.1, -0.05) is 66.7 Å². The number of carbonyl (C=O) groups is 1. The number of para-hydroxylation sites is 1. The van der Waals surface area contributed by atoms with Crippen molar-refractivity contribution in [1.82, 2.24) is 4.90 Å². The van der Waals surface area contributed by atoms with E-state index in [0.717, 1.165) is 23.4 Å². The summed E-state index contributed by atoms with van der Waals surface area (Å²) in [5, 5.41) is 6.54. The SMILES string of the molecule is CN(CC(=O)Nc1ccccc1-c1ccccc1)Cc1csc2ccccc12. The second kappa shape index (κ2) is 8.38. The van der Waals surface area contributed by atoms with Crippen LogP contribution in [0.4, 0.5) is 5.69 Å². The number of fused-ring (bicyclic) bond motifs is 1. The van der Waals surface area contributed by atoms with Crippen molar-refractivity contribution in [3.05, 3.63) is 89.8 Å². The molecule has 0 saturated carbocycles. The molecule has 28 heavy (non-hydrogen) atoms. The third-order valence-corrected chi connectivity index (χ3v) is 5.71. The maximum absolute atomic E-state index is 12.6. The molecule has 1 N–H and O–H groups in total. The summed E-state index contributed by atoms with van der Waals surface area (Å²) in [4.78, 5) is 14.7. The van der Waals surface area contributed by atoms with E-state index in [1.807, 2.05) is 49.5 Å². The number of carbonyl (C=O) groups excluding carboxylic acids is 1. The van der Waals surface area contributed by atoms with Crippen molar-refractivity contribution >= 4 is 33.0 Å². The summed E-state index contributed by atoms with van der Waals surface area (Å²) in [6.07, 6.45) is 0. The van der Waals surface area contributed by atoms with Crippen LogP contribution in [0.25, 0.3) is 21.2 Å². The number of benzene rings is 3. The lowest BCUT2D eigenvalue weighted by atomic mass is 10.0. The summed E-state index contributed by atoms with van der Waals surface area (Å²) in [6.45, 7) is 1.09. The number of thiophene rings is 1. The summed E-state index contributed by atoms with van der Waals surface area (Å²) >= 11 is 1.75. The van der Waals surface area contributed by atoms with Crippen molar-refractivity contribution in [3.63, 3.8) is 0 Å². The maximum Gasteiger partial charge on any atom is 0.238 e. The van der Waals surface area contributed by atoms with Gasteiger partial charge in [-0.05, 0) is 41.1 Å². The molecule has 0 radical (unpaired) electrons. The highest BCUT2D eigenvalue weighted by Gasteiger charge is 2.12. The first-order valence-electron chi connectivity index (χ1n) is 9.28. The van der Waals surface area contributed by atoms with Gasteiger partial charge in [0, 0.05) is 22.5 Å². The lowest BCUT2D eigenvalue weighted by Gasteiger charge is -2.17. The minimum absolute atomic E-state index is 0.00887. The Bertz CT molecular complexity index is 1090. The molecule has 0 spiro atoms. The second-order valence-corrected chi connectivity index (χ2v) is 7.80. The molecule has 0 atom stereocenters. The van der Waals surface area contributed by atoms with Gasteiger partial charge in [-0.15, -0.1) is 11.3 Å². The van der Waals surface area contributed by atoms with Gasteiger partial charge in [-0.25, -0.2) is 0 Å². The fraction of sp³-hybridized carbons (Fsp3) is 0.125. The van der Waals surface area contributed by atoms with Crippen LogP contribution in [-0.2, 0) is 11.3 Å². The quantitative estimate of drug-likeness (QED) is 0.465. The summed E-state index contributed by atoms with van der Waals surface area (Å²) in [7, 11) is 1.98. The third kappa shape index (κ3) is 4.14. The van der Waals surface area contributed by atoms with Crippen molar-refractivity contribution in [3.8, 4) is 11.1 Å². The van der Waals surface area contributed by atoms with Gasteiger partial charge in [0.1, 0.15) is 0 Å². The fourth-order valence-electron chi connectivity index (χ4n) is 3.40. The molecule has 140 valence electrons. The van der Waals surface area contributed by atoms with Crippen LogP contribution in [0.2, 0.25) is 0 Å². The van der Waals surface area contributed by atoms with Gasteiger partial charge >= 0.3 is 0 Å². The standard InChI is InChI=1S/C24H22N2OS/c1-26(15-19-17-28-23-14-8-6-12-21(19)23)16-24(27)25-22-13-7-5-11-20(22)18-9-3-2-4-10-18/h2-14,17H,15-16H2,1H3,(H,25,27). The van der Waals surface area contributed by atoms with E-state index in [2.05, 4.69) is 52.0 Å². The first-order valence-corrected chi connectivity index (χ1v) is 10.2. The van der Waals surface area contributed by atoms with E-state index < -0.39 is 0 Å². The van der Waals surface area contributed by atoms with Gasteiger partial charge in [-0.3, -0.25) is 9.69 Å². The number of hydrogen-bond donors (Lipinski definition) is 1. The maximum atomic E-state index is 12.6. The van der Waals surface area contributed by atoms with Gasteiger partial charge in [0.25, 0.3) is 0 Å². The van der Waals surface area contributed by atoms with E-state index in [1.54, 1.807) is 11.3 Å². The normalized spacial score (nSPS) is 11.1. The summed E-state index contributed by atoms with van der Waals surface area (Å²) < 4.78 is 1.28. The van der Waals surface area contributed by atoms with E-state index in [9.17, 15) is 4.79 Å². The van der Waals surface area contributed by atoms with Gasteiger partial charge in [0.05, 0.1) is 6.54 Å². The fourth-order valence-corrected chi connectivity index (χ4v) is 4.35. The molecule has 0 aliphatic rings. The van der Waals surface area contributed by atoms with Crippen LogP contribution >= 0.6 is 11.3 Å². The Labute approximate surface area is 169 Å². The molecule has 0 aliphatic carbocycles. The van der Waals surface area contributed by atoms with Crippen molar-refractivity contribution in [1.29, 1.82) is 0 Å². The zero-order valence-electron chi connectivity index (χ0n) is 15.8. The summed E-state index contributed by atoms with van der Waals surface area (Å²) in [5.74, 6) is -0.00887. The highest BCUT2D eigenvalue weighted by atomic mass is 32.1. The molecule has 0 bridgehead atoms. The smallest absolute Gasteiger partial charge is 0.238 e. The number of likely N-dealkylation sites (N-methyl/N-ethyl adjacent to an activating group) is 1.